The molecule has 0 bridgehead atoms. The number of rotatable bonds is 5. The monoisotopic (exact) mass is 447 g/mol. The third-order valence-electron chi connectivity index (χ3n) is 5.51. The number of aliphatic carboxylic acids is 1. The summed E-state index contributed by atoms with van der Waals surface area (Å²) in [6, 6.07) is 7.58. The average Bonchev–Trinajstić information content (AvgIpc) is 2.66. The van der Waals surface area contributed by atoms with Crippen LogP contribution in [0.2, 0.25) is 0 Å². The summed E-state index contributed by atoms with van der Waals surface area (Å²) in [6.45, 7) is 7.99. The van der Waals surface area contributed by atoms with Crippen molar-refractivity contribution in [2.24, 2.45) is 0 Å². The van der Waals surface area contributed by atoms with Gasteiger partial charge in [-0.3, -0.25) is 4.79 Å². The van der Waals surface area contributed by atoms with Gasteiger partial charge in [-0.15, -0.1) is 13.2 Å². The molecular weight excluding hydrogens is 423 g/mol. The molecule has 0 atom stereocenters. The van der Waals surface area contributed by atoms with E-state index in [1.807, 2.05) is 26.8 Å². The van der Waals surface area contributed by atoms with Crippen molar-refractivity contribution in [1.29, 1.82) is 0 Å². The number of halogens is 3. The van der Waals surface area contributed by atoms with E-state index in [1.54, 1.807) is 17.9 Å². The molecule has 1 N–H and O–H groups in total. The van der Waals surface area contributed by atoms with E-state index < -0.39 is 23.5 Å². The Morgan fingerprint density at radius 2 is 1.91 bits per heavy atom. The highest BCUT2D eigenvalue weighted by atomic mass is 19.4. The minimum absolute atomic E-state index is 0.0512. The lowest BCUT2D eigenvalue weighted by molar-refractivity contribution is -0.274. The zero-order chi connectivity index (χ0) is 23.8. The summed E-state index contributed by atoms with van der Waals surface area (Å²) in [5.41, 5.74) is 2.92. The molecule has 1 amide bonds. The number of nitrogens with zero attached hydrogens (tertiary/aromatic N) is 1. The van der Waals surface area contributed by atoms with E-state index in [2.05, 4.69) is 4.74 Å². The molecule has 32 heavy (non-hydrogen) atoms. The highest BCUT2D eigenvalue weighted by Gasteiger charge is 2.37. The van der Waals surface area contributed by atoms with Crippen LogP contribution in [0.1, 0.15) is 43.9 Å². The largest absolute Gasteiger partial charge is 0.573 e. The van der Waals surface area contributed by atoms with E-state index in [9.17, 15) is 22.8 Å². The highest BCUT2D eigenvalue weighted by Crippen LogP contribution is 2.45. The van der Waals surface area contributed by atoms with Gasteiger partial charge < -0.3 is 14.7 Å². The number of aryl methyl sites for hydroxylation is 1. The first-order chi connectivity index (χ1) is 14.8. The molecule has 1 aliphatic heterocycles. The highest BCUT2D eigenvalue weighted by molar-refractivity contribution is 5.99. The fraction of sp³-hybridized carbons (Fsp3) is 0.333. The number of carbonyl (C=O) groups excluding carboxylic acids is 1. The maximum atomic E-state index is 13.1. The second-order valence-electron chi connectivity index (χ2n) is 8.36. The van der Waals surface area contributed by atoms with Crippen LogP contribution in [0, 0.1) is 6.92 Å². The summed E-state index contributed by atoms with van der Waals surface area (Å²) in [5, 5.41) is 8.88. The second-order valence-corrected chi connectivity index (χ2v) is 8.36. The lowest BCUT2D eigenvalue weighted by atomic mass is 9.75. The Labute approximate surface area is 184 Å². The van der Waals surface area contributed by atoms with Crippen molar-refractivity contribution in [3.8, 4) is 16.9 Å². The third kappa shape index (κ3) is 4.79. The van der Waals surface area contributed by atoms with Gasteiger partial charge in [-0.2, -0.15) is 0 Å². The van der Waals surface area contributed by atoms with Gasteiger partial charge in [0.1, 0.15) is 5.75 Å². The van der Waals surface area contributed by atoms with Gasteiger partial charge in [0.05, 0.1) is 0 Å². The van der Waals surface area contributed by atoms with Crippen LogP contribution in [0.15, 0.2) is 36.4 Å². The molecule has 2 aromatic carbocycles. The minimum atomic E-state index is -4.90. The zero-order valence-corrected chi connectivity index (χ0v) is 18.2. The Kier molecular flexibility index (Phi) is 6.09. The number of benzene rings is 2. The number of ether oxygens (including phenoxy) is 1. The summed E-state index contributed by atoms with van der Waals surface area (Å²) in [5.74, 6) is -1.63. The van der Waals surface area contributed by atoms with E-state index in [1.165, 1.54) is 18.2 Å². The fourth-order valence-electron chi connectivity index (χ4n) is 4.04. The summed E-state index contributed by atoms with van der Waals surface area (Å²) in [7, 11) is 0. The smallest absolute Gasteiger partial charge is 0.478 e. The van der Waals surface area contributed by atoms with Crippen LogP contribution in [0.25, 0.3) is 17.2 Å². The van der Waals surface area contributed by atoms with Crippen molar-refractivity contribution in [2.45, 2.75) is 45.9 Å². The topological polar surface area (TPSA) is 66.8 Å². The number of alkyl halides is 3. The first-order valence-electron chi connectivity index (χ1n) is 10.1. The van der Waals surface area contributed by atoms with Gasteiger partial charge in [-0.1, -0.05) is 26.0 Å². The van der Waals surface area contributed by atoms with Crippen LogP contribution >= 0.6 is 0 Å². The Morgan fingerprint density at radius 3 is 2.50 bits per heavy atom. The molecule has 0 unspecified atom stereocenters. The lowest BCUT2D eigenvalue weighted by Crippen LogP contribution is -2.41. The van der Waals surface area contributed by atoms with E-state index in [0.29, 0.717) is 35.3 Å². The Balaban J connectivity index is 2.25. The molecule has 1 heterocycles. The molecule has 5 nitrogen and oxygen atoms in total. The first-order valence-corrected chi connectivity index (χ1v) is 10.1. The standard InChI is InChI=1S/C24H24F3NO4/c1-5-28-19-12-16(14(2)10-18(19)23(3,4)13-21(28)29)17-11-15(7-9-22(30)31)6-8-20(17)32-24(25,26)27/h6-12H,5,13H2,1-4H3,(H,30,31)/b9-7+. The second kappa shape index (κ2) is 8.33. The van der Waals surface area contributed by atoms with E-state index in [4.69, 9.17) is 5.11 Å². The SMILES string of the molecule is CCN1C(=O)CC(C)(C)c2cc(C)c(-c3cc(/C=C/C(=O)O)ccc3OC(F)(F)F)cc21. The van der Waals surface area contributed by atoms with E-state index in [-0.39, 0.29) is 11.5 Å². The van der Waals surface area contributed by atoms with E-state index >= 15 is 0 Å². The molecule has 0 aromatic heterocycles. The number of carboxylic acids is 1. The Bertz CT molecular complexity index is 1100. The zero-order valence-electron chi connectivity index (χ0n) is 18.2. The fourth-order valence-corrected chi connectivity index (χ4v) is 4.04. The van der Waals surface area contributed by atoms with Crippen LogP contribution in [0.5, 0.6) is 5.75 Å². The number of hydrogen-bond acceptors (Lipinski definition) is 3. The predicted octanol–water partition coefficient (Wildman–Crippen LogP) is 5.69. The normalized spacial score (nSPS) is 15.7. The first kappa shape index (κ1) is 23.4. The van der Waals surface area contributed by atoms with Crippen molar-refractivity contribution in [3.05, 3.63) is 53.1 Å². The summed E-state index contributed by atoms with van der Waals surface area (Å²) < 4.78 is 43.5. The van der Waals surface area contributed by atoms with Crippen molar-refractivity contribution in [2.75, 3.05) is 11.4 Å². The number of amides is 1. The minimum Gasteiger partial charge on any atom is -0.478 e. The van der Waals surface area contributed by atoms with Crippen molar-refractivity contribution >= 4 is 23.6 Å². The number of carboxylic acid groups (broad SMARTS) is 1. The molecule has 0 radical (unpaired) electrons. The Morgan fingerprint density at radius 1 is 1.22 bits per heavy atom. The van der Waals surface area contributed by atoms with Crippen LogP contribution in [-0.2, 0) is 15.0 Å². The molecule has 170 valence electrons. The van der Waals surface area contributed by atoms with Crippen LogP contribution < -0.4 is 9.64 Å². The molecule has 0 aliphatic carbocycles. The third-order valence-corrected chi connectivity index (χ3v) is 5.51. The lowest BCUT2D eigenvalue weighted by Gasteiger charge is -2.39. The van der Waals surface area contributed by atoms with Gasteiger partial charge in [-0.05, 0) is 60.4 Å². The molecule has 3 rings (SSSR count). The molecule has 0 saturated carbocycles. The number of carbonyl (C=O) groups is 2. The maximum absolute atomic E-state index is 13.1. The summed E-state index contributed by atoms with van der Waals surface area (Å²) >= 11 is 0. The summed E-state index contributed by atoms with van der Waals surface area (Å²) in [6.07, 6.45) is -2.36. The van der Waals surface area contributed by atoms with Gasteiger partial charge in [0.25, 0.3) is 0 Å². The van der Waals surface area contributed by atoms with Gasteiger partial charge in [-0.25, -0.2) is 4.79 Å². The van der Waals surface area contributed by atoms with Crippen molar-refractivity contribution < 1.29 is 32.6 Å². The maximum Gasteiger partial charge on any atom is 0.573 e. The quantitative estimate of drug-likeness (QED) is 0.598. The van der Waals surface area contributed by atoms with E-state index in [0.717, 1.165) is 17.7 Å². The summed E-state index contributed by atoms with van der Waals surface area (Å²) in [4.78, 5) is 25.2. The molecule has 2 aromatic rings. The van der Waals surface area contributed by atoms with Crippen molar-refractivity contribution in [1.82, 2.24) is 0 Å². The average molecular weight is 447 g/mol. The van der Waals surface area contributed by atoms with Gasteiger partial charge in [0.2, 0.25) is 5.91 Å². The number of anilines is 1. The molecule has 0 fully saturated rings. The van der Waals surface area contributed by atoms with Gasteiger partial charge in [0.15, 0.2) is 0 Å². The molecule has 0 saturated heterocycles. The number of fused-ring (bicyclic) bond motifs is 1. The molecule has 8 heteroatoms. The van der Waals surface area contributed by atoms with Gasteiger partial charge in [0, 0.05) is 35.7 Å². The van der Waals surface area contributed by atoms with Crippen LogP contribution in [-0.4, -0.2) is 29.9 Å². The molecule has 0 spiro atoms. The van der Waals surface area contributed by atoms with Crippen LogP contribution in [0.4, 0.5) is 18.9 Å². The van der Waals surface area contributed by atoms with Crippen LogP contribution in [0.3, 0.4) is 0 Å². The van der Waals surface area contributed by atoms with Crippen molar-refractivity contribution in [3.63, 3.8) is 0 Å². The van der Waals surface area contributed by atoms with Gasteiger partial charge >= 0.3 is 12.3 Å². The number of hydrogen-bond donors (Lipinski definition) is 1. The Hall–Kier alpha value is -3.29. The molecule has 1 aliphatic rings. The predicted molar refractivity (Wildman–Crippen MR) is 116 cm³/mol. The molecular formula is C24H24F3NO4.